The third-order valence-corrected chi connectivity index (χ3v) is 4.21. The van der Waals surface area contributed by atoms with E-state index in [9.17, 15) is 18.0 Å². The summed E-state index contributed by atoms with van der Waals surface area (Å²) in [5.41, 5.74) is 6.47. The van der Waals surface area contributed by atoms with Crippen molar-refractivity contribution in [1.82, 2.24) is 15.1 Å². The second kappa shape index (κ2) is 8.71. The summed E-state index contributed by atoms with van der Waals surface area (Å²) in [6.07, 6.45) is -3.36. The first-order valence-corrected chi connectivity index (χ1v) is 8.48. The van der Waals surface area contributed by atoms with Crippen LogP contribution in [0.4, 0.5) is 13.2 Å². The van der Waals surface area contributed by atoms with Gasteiger partial charge >= 0.3 is 6.18 Å². The maximum atomic E-state index is 13.6. The topological polar surface area (TPSA) is 86.1 Å². The molecular formula is C19H20ClF3N4O2. The molecule has 3 rings (SSSR count). The van der Waals surface area contributed by atoms with E-state index in [0.29, 0.717) is 17.1 Å². The Hall–Kier alpha value is -2.78. The SMILES string of the molecule is Cc1cc(C)n(-c2ccc(CNC(=O)c3coc(CN)c3)c(C(F)(F)F)c2)n1.Cl. The summed E-state index contributed by atoms with van der Waals surface area (Å²) in [7, 11) is 0. The van der Waals surface area contributed by atoms with Crippen molar-refractivity contribution in [2.24, 2.45) is 5.73 Å². The van der Waals surface area contributed by atoms with E-state index in [4.69, 9.17) is 10.2 Å². The molecule has 1 amide bonds. The van der Waals surface area contributed by atoms with Gasteiger partial charge in [0.2, 0.25) is 0 Å². The Morgan fingerprint density at radius 3 is 2.52 bits per heavy atom. The Kier molecular flexibility index (Phi) is 6.76. The summed E-state index contributed by atoms with van der Waals surface area (Å²) in [5, 5.41) is 6.69. The molecule has 3 aromatic rings. The highest BCUT2D eigenvalue weighted by molar-refractivity contribution is 5.93. The molecule has 1 aromatic carbocycles. The van der Waals surface area contributed by atoms with Gasteiger partial charge in [-0.2, -0.15) is 18.3 Å². The minimum Gasteiger partial charge on any atom is -0.467 e. The minimum absolute atomic E-state index is 0. The fourth-order valence-corrected chi connectivity index (χ4v) is 2.89. The lowest BCUT2D eigenvalue weighted by Gasteiger charge is -2.15. The van der Waals surface area contributed by atoms with E-state index in [-0.39, 0.29) is 36.6 Å². The van der Waals surface area contributed by atoms with E-state index >= 15 is 0 Å². The third kappa shape index (κ3) is 4.99. The van der Waals surface area contributed by atoms with E-state index in [1.807, 2.05) is 0 Å². The largest absolute Gasteiger partial charge is 0.467 e. The standard InChI is InChI=1S/C19H19F3N4O2.ClH/c1-11-5-12(2)26(25-11)15-4-3-13(17(7-15)19(20,21)22)9-24-18(27)14-6-16(8-23)28-10-14;/h3-7,10H,8-9,23H2,1-2H3,(H,24,27);1H. The molecule has 0 atom stereocenters. The molecule has 156 valence electrons. The molecule has 0 bridgehead atoms. The number of alkyl halides is 3. The molecular weight excluding hydrogens is 409 g/mol. The first-order valence-electron chi connectivity index (χ1n) is 8.48. The number of furan rings is 1. The summed E-state index contributed by atoms with van der Waals surface area (Å²) in [5.74, 6) is -0.130. The van der Waals surface area contributed by atoms with Gasteiger partial charge in [-0.3, -0.25) is 4.79 Å². The number of amides is 1. The number of hydrogen-bond acceptors (Lipinski definition) is 4. The lowest BCUT2D eigenvalue weighted by Crippen LogP contribution is -2.24. The number of rotatable bonds is 5. The average molecular weight is 429 g/mol. The fraction of sp³-hybridized carbons (Fsp3) is 0.263. The molecule has 0 saturated carbocycles. The maximum Gasteiger partial charge on any atom is 0.416 e. The fourth-order valence-electron chi connectivity index (χ4n) is 2.89. The number of nitrogens with zero attached hydrogens (tertiary/aromatic N) is 2. The van der Waals surface area contributed by atoms with Gasteiger partial charge in [0.25, 0.3) is 5.91 Å². The van der Waals surface area contributed by atoms with Crippen LogP contribution in [0.1, 0.15) is 38.6 Å². The van der Waals surface area contributed by atoms with Gasteiger partial charge in [-0.05, 0) is 43.7 Å². The molecule has 0 aliphatic rings. The van der Waals surface area contributed by atoms with Crippen LogP contribution >= 0.6 is 12.4 Å². The van der Waals surface area contributed by atoms with Gasteiger partial charge in [0.15, 0.2) is 0 Å². The molecule has 0 unspecified atom stereocenters. The van der Waals surface area contributed by atoms with Crippen molar-refractivity contribution < 1.29 is 22.4 Å². The van der Waals surface area contributed by atoms with Crippen molar-refractivity contribution in [3.8, 4) is 5.69 Å². The van der Waals surface area contributed by atoms with Crippen LogP contribution in [-0.2, 0) is 19.3 Å². The highest BCUT2D eigenvalue weighted by Crippen LogP contribution is 2.33. The number of aryl methyl sites for hydroxylation is 2. The summed E-state index contributed by atoms with van der Waals surface area (Å²) < 4.78 is 47.2. The van der Waals surface area contributed by atoms with Crippen LogP contribution in [0.15, 0.2) is 41.0 Å². The zero-order valence-corrected chi connectivity index (χ0v) is 16.5. The molecule has 0 saturated heterocycles. The van der Waals surface area contributed by atoms with Crippen LogP contribution in [0, 0.1) is 13.8 Å². The van der Waals surface area contributed by atoms with Gasteiger partial charge in [-0.1, -0.05) is 6.07 Å². The highest BCUT2D eigenvalue weighted by atomic mass is 35.5. The number of benzene rings is 1. The maximum absolute atomic E-state index is 13.6. The Labute approximate surface area is 171 Å². The smallest absolute Gasteiger partial charge is 0.416 e. The van der Waals surface area contributed by atoms with Gasteiger partial charge in [0.05, 0.1) is 29.1 Å². The molecule has 10 heteroatoms. The van der Waals surface area contributed by atoms with Crippen molar-refractivity contribution in [1.29, 1.82) is 0 Å². The molecule has 0 aliphatic heterocycles. The normalized spacial score (nSPS) is 11.2. The summed E-state index contributed by atoms with van der Waals surface area (Å²) in [6.45, 7) is 3.37. The van der Waals surface area contributed by atoms with Crippen LogP contribution in [0.2, 0.25) is 0 Å². The summed E-state index contributed by atoms with van der Waals surface area (Å²) in [4.78, 5) is 12.1. The van der Waals surface area contributed by atoms with Crippen LogP contribution < -0.4 is 11.1 Å². The first kappa shape index (κ1) is 22.5. The van der Waals surface area contributed by atoms with Crippen molar-refractivity contribution in [2.75, 3.05) is 0 Å². The van der Waals surface area contributed by atoms with Crippen LogP contribution in [-0.4, -0.2) is 15.7 Å². The van der Waals surface area contributed by atoms with Crippen molar-refractivity contribution in [3.63, 3.8) is 0 Å². The number of hydrogen-bond donors (Lipinski definition) is 2. The molecule has 3 N–H and O–H groups in total. The Balaban J connectivity index is 0.00000300. The number of aromatic nitrogens is 2. The molecule has 2 heterocycles. The highest BCUT2D eigenvalue weighted by Gasteiger charge is 2.34. The molecule has 0 radical (unpaired) electrons. The quantitative estimate of drug-likeness (QED) is 0.645. The van der Waals surface area contributed by atoms with Crippen molar-refractivity contribution in [2.45, 2.75) is 33.1 Å². The minimum atomic E-state index is -4.57. The van der Waals surface area contributed by atoms with E-state index in [1.54, 1.807) is 26.0 Å². The average Bonchev–Trinajstić information content (AvgIpc) is 3.25. The predicted octanol–water partition coefficient (Wildman–Crippen LogP) is 3.91. The Morgan fingerprint density at radius 2 is 1.97 bits per heavy atom. The lowest BCUT2D eigenvalue weighted by atomic mass is 10.1. The monoisotopic (exact) mass is 428 g/mol. The number of halogens is 4. The molecule has 29 heavy (non-hydrogen) atoms. The number of nitrogens with one attached hydrogen (secondary N) is 1. The first-order chi connectivity index (χ1) is 13.2. The summed E-state index contributed by atoms with van der Waals surface area (Å²) >= 11 is 0. The molecule has 2 aromatic heterocycles. The summed E-state index contributed by atoms with van der Waals surface area (Å²) in [6, 6.07) is 7.15. The molecule has 0 spiro atoms. The van der Waals surface area contributed by atoms with E-state index in [1.165, 1.54) is 23.1 Å². The molecule has 0 fully saturated rings. The van der Waals surface area contributed by atoms with Crippen molar-refractivity contribution in [3.05, 3.63) is 70.4 Å². The Morgan fingerprint density at radius 1 is 1.24 bits per heavy atom. The number of carbonyl (C=O) groups excluding carboxylic acids is 1. The van der Waals surface area contributed by atoms with Crippen molar-refractivity contribution >= 4 is 18.3 Å². The number of carbonyl (C=O) groups is 1. The second-order valence-corrected chi connectivity index (χ2v) is 6.37. The van der Waals surface area contributed by atoms with E-state index in [2.05, 4.69) is 10.4 Å². The van der Waals surface area contributed by atoms with Gasteiger partial charge < -0.3 is 15.5 Å². The van der Waals surface area contributed by atoms with Crippen LogP contribution in [0.3, 0.4) is 0 Å². The lowest BCUT2D eigenvalue weighted by molar-refractivity contribution is -0.138. The zero-order valence-electron chi connectivity index (χ0n) is 15.7. The van der Waals surface area contributed by atoms with Gasteiger partial charge in [0, 0.05) is 12.2 Å². The van der Waals surface area contributed by atoms with Crippen LogP contribution in [0.5, 0.6) is 0 Å². The molecule has 0 aliphatic carbocycles. The van der Waals surface area contributed by atoms with E-state index in [0.717, 1.165) is 11.8 Å². The second-order valence-electron chi connectivity index (χ2n) is 6.37. The van der Waals surface area contributed by atoms with E-state index < -0.39 is 17.6 Å². The van der Waals surface area contributed by atoms with Crippen LogP contribution in [0.25, 0.3) is 5.69 Å². The molecule has 6 nitrogen and oxygen atoms in total. The predicted molar refractivity (Wildman–Crippen MR) is 103 cm³/mol. The van der Waals surface area contributed by atoms with Gasteiger partial charge in [0.1, 0.15) is 12.0 Å². The number of nitrogens with two attached hydrogens (primary N) is 1. The van der Waals surface area contributed by atoms with Gasteiger partial charge in [-0.25, -0.2) is 4.68 Å². The third-order valence-electron chi connectivity index (χ3n) is 4.21. The Bertz CT molecular complexity index is 1010. The zero-order chi connectivity index (χ0) is 20.5. The van der Waals surface area contributed by atoms with Gasteiger partial charge in [-0.15, -0.1) is 12.4 Å².